The molecule has 24 heavy (non-hydrogen) atoms. The molecule has 2 aromatic rings. The molecule has 2 fully saturated rings. The van der Waals surface area contributed by atoms with Gasteiger partial charge in [-0.25, -0.2) is 4.98 Å². The molecule has 0 aliphatic carbocycles. The fourth-order valence-electron chi connectivity index (χ4n) is 3.65. The van der Waals surface area contributed by atoms with Crippen LogP contribution in [0.3, 0.4) is 0 Å². The molecule has 0 aromatic carbocycles. The van der Waals surface area contributed by atoms with Gasteiger partial charge < -0.3 is 14.5 Å². The van der Waals surface area contributed by atoms with Crippen LogP contribution in [-0.4, -0.2) is 41.1 Å². The summed E-state index contributed by atoms with van der Waals surface area (Å²) in [6.07, 6.45) is 2.59. The lowest BCUT2D eigenvalue weighted by molar-refractivity contribution is -0.127. The van der Waals surface area contributed by atoms with Gasteiger partial charge >= 0.3 is 0 Å². The second-order valence-corrected chi connectivity index (χ2v) is 7.35. The van der Waals surface area contributed by atoms with Crippen LogP contribution in [0.2, 0.25) is 0 Å². The number of amides is 1. The van der Waals surface area contributed by atoms with E-state index in [1.807, 2.05) is 19.1 Å². The van der Waals surface area contributed by atoms with Gasteiger partial charge in [-0.3, -0.25) is 9.69 Å². The van der Waals surface area contributed by atoms with Crippen molar-refractivity contribution in [3.8, 4) is 0 Å². The van der Waals surface area contributed by atoms with E-state index in [9.17, 15) is 4.79 Å². The monoisotopic (exact) mass is 347 g/mol. The highest BCUT2D eigenvalue weighted by atomic mass is 32.1. The molecule has 0 spiro atoms. The number of carbonyl (C=O) groups excluding carboxylic acids is 1. The van der Waals surface area contributed by atoms with Crippen LogP contribution < -0.4 is 5.32 Å². The Morgan fingerprint density at radius 1 is 1.54 bits per heavy atom. The second-order valence-electron chi connectivity index (χ2n) is 6.41. The predicted molar refractivity (Wildman–Crippen MR) is 89.5 cm³/mol. The summed E-state index contributed by atoms with van der Waals surface area (Å²) >= 11 is 1.68. The Kier molecular flexibility index (Phi) is 4.39. The molecule has 4 heterocycles. The van der Waals surface area contributed by atoms with E-state index in [1.54, 1.807) is 17.6 Å². The van der Waals surface area contributed by atoms with Crippen LogP contribution in [0.25, 0.3) is 0 Å². The summed E-state index contributed by atoms with van der Waals surface area (Å²) in [5.41, 5.74) is 1.06. The first-order valence-electron chi connectivity index (χ1n) is 8.27. The number of hydrogen-bond donors (Lipinski definition) is 1. The summed E-state index contributed by atoms with van der Waals surface area (Å²) in [6, 6.07) is 4.00. The molecule has 2 saturated heterocycles. The maximum Gasteiger partial charge on any atom is 0.227 e. The summed E-state index contributed by atoms with van der Waals surface area (Å²) in [5, 5.41) is 6.15. The van der Waals surface area contributed by atoms with Crippen molar-refractivity contribution in [1.82, 2.24) is 15.2 Å². The molecule has 2 aliphatic rings. The quantitative estimate of drug-likeness (QED) is 0.895. The van der Waals surface area contributed by atoms with Crippen molar-refractivity contribution < 1.29 is 13.9 Å². The second kappa shape index (κ2) is 6.66. The van der Waals surface area contributed by atoms with Gasteiger partial charge in [-0.2, -0.15) is 0 Å². The summed E-state index contributed by atoms with van der Waals surface area (Å²) in [4.78, 5) is 19.5. The first kappa shape index (κ1) is 15.8. The lowest BCUT2D eigenvalue weighted by Gasteiger charge is -2.20. The van der Waals surface area contributed by atoms with E-state index in [1.165, 1.54) is 0 Å². The van der Waals surface area contributed by atoms with E-state index in [0.29, 0.717) is 12.6 Å². The highest BCUT2D eigenvalue weighted by Gasteiger charge is 2.48. The van der Waals surface area contributed by atoms with Crippen molar-refractivity contribution in [2.45, 2.75) is 38.6 Å². The minimum atomic E-state index is -0.131. The Bertz CT molecular complexity index is 700. The van der Waals surface area contributed by atoms with Gasteiger partial charge in [-0.05, 0) is 25.5 Å². The number of fused-ring (bicyclic) bond motifs is 1. The van der Waals surface area contributed by atoms with E-state index in [-0.39, 0.29) is 17.9 Å². The zero-order valence-corrected chi connectivity index (χ0v) is 14.4. The maximum atomic E-state index is 12.6. The standard InChI is InChI=1S/C17H21N3O3S/c1-11-10-24-15(19-11)9-20-8-13(16-14(20)4-6-23-16)17(21)18-7-12-3-2-5-22-12/h2-3,5,10,13-14,16H,4,6-9H2,1H3,(H,18,21)/t13-,14+,16+/m0/s1. The number of aryl methyl sites for hydroxylation is 1. The zero-order valence-electron chi connectivity index (χ0n) is 13.6. The molecule has 4 rings (SSSR count). The third-order valence-electron chi connectivity index (χ3n) is 4.76. The van der Waals surface area contributed by atoms with Crippen molar-refractivity contribution in [3.05, 3.63) is 40.2 Å². The van der Waals surface area contributed by atoms with Crippen LogP contribution in [-0.2, 0) is 22.6 Å². The molecule has 2 aromatic heterocycles. The van der Waals surface area contributed by atoms with Crippen LogP contribution in [0.15, 0.2) is 28.2 Å². The van der Waals surface area contributed by atoms with Crippen LogP contribution in [0.4, 0.5) is 0 Å². The molecule has 0 bridgehead atoms. The van der Waals surface area contributed by atoms with E-state index in [0.717, 1.165) is 42.6 Å². The predicted octanol–water partition coefficient (Wildman–Crippen LogP) is 1.95. The highest BCUT2D eigenvalue weighted by molar-refractivity contribution is 7.09. The van der Waals surface area contributed by atoms with Gasteiger partial charge in [0, 0.05) is 30.3 Å². The van der Waals surface area contributed by atoms with Crippen molar-refractivity contribution in [3.63, 3.8) is 0 Å². The summed E-state index contributed by atoms with van der Waals surface area (Å²) in [7, 11) is 0. The number of furan rings is 1. The van der Waals surface area contributed by atoms with Gasteiger partial charge in [0.15, 0.2) is 0 Å². The number of rotatable bonds is 5. The van der Waals surface area contributed by atoms with Crippen molar-refractivity contribution in [1.29, 1.82) is 0 Å². The van der Waals surface area contributed by atoms with Gasteiger partial charge in [-0.1, -0.05) is 0 Å². The molecule has 2 aliphatic heterocycles. The van der Waals surface area contributed by atoms with Crippen molar-refractivity contribution in [2.75, 3.05) is 13.2 Å². The Morgan fingerprint density at radius 2 is 2.46 bits per heavy atom. The third kappa shape index (κ3) is 3.11. The molecule has 0 radical (unpaired) electrons. The number of hydrogen-bond acceptors (Lipinski definition) is 6. The van der Waals surface area contributed by atoms with Crippen LogP contribution in [0.1, 0.15) is 22.9 Å². The molecular formula is C17H21N3O3S. The number of nitrogens with one attached hydrogen (secondary N) is 1. The van der Waals surface area contributed by atoms with E-state index in [2.05, 4.69) is 20.6 Å². The SMILES string of the molecule is Cc1csc(CN2C[C@H](C(=O)NCc3ccco3)[C@H]3OCC[C@H]32)n1. The van der Waals surface area contributed by atoms with E-state index < -0.39 is 0 Å². The Morgan fingerprint density at radius 3 is 3.21 bits per heavy atom. The molecule has 1 amide bonds. The van der Waals surface area contributed by atoms with E-state index >= 15 is 0 Å². The fraction of sp³-hybridized carbons (Fsp3) is 0.529. The molecular weight excluding hydrogens is 326 g/mol. The number of nitrogens with zero attached hydrogens (tertiary/aromatic N) is 2. The van der Waals surface area contributed by atoms with Crippen LogP contribution >= 0.6 is 11.3 Å². The molecule has 128 valence electrons. The van der Waals surface area contributed by atoms with Gasteiger partial charge in [0.1, 0.15) is 10.8 Å². The van der Waals surface area contributed by atoms with Crippen molar-refractivity contribution in [2.24, 2.45) is 5.92 Å². The zero-order chi connectivity index (χ0) is 16.5. The molecule has 7 heteroatoms. The highest BCUT2D eigenvalue weighted by Crippen LogP contribution is 2.35. The van der Waals surface area contributed by atoms with Crippen LogP contribution in [0.5, 0.6) is 0 Å². The Hall–Kier alpha value is -1.70. The normalized spacial score (nSPS) is 26.6. The number of ether oxygens (including phenoxy) is 1. The van der Waals surface area contributed by atoms with Gasteiger partial charge in [-0.15, -0.1) is 11.3 Å². The largest absolute Gasteiger partial charge is 0.467 e. The first-order chi connectivity index (χ1) is 11.7. The number of carbonyl (C=O) groups is 1. The molecule has 1 N–H and O–H groups in total. The lowest BCUT2D eigenvalue weighted by Crippen LogP contribution is -2.37. The van der Waals surface area contributed by atoms with Gasteiger partial charge in [0.2, 0.25) is 5.91 Å². The maximum absolute atomic E-state index is 12.6. The molecule has 0 unspecified atom stereocenters. The average Bonchev–Trinajstić information content (AvgIpc) is 3.31. The Balaban J connectivity index is 1.41. The summed E-state index contributed by atoms with van der Waals surface area (Å²) < 4.78 is 11.2. The number of aromatic nitrogens is 1. The third-order valence-corrected chi connectivity index (χ3v) is 5.71. The summed E-state index contributed by atoms with van der Waals surface area (Å²) in [5.74, 6) is 0.676. The molecule has 0 saturated carbocycles. The van der Waals surface area contributed by atoms with Gasteiger partial charge in [0.05, 0.1) is 31.4 Å². The smallest absolute Gasteiger partial charge is 0.227 e. The van der Waals surface area contributed by atoms with E-state index in [4.69, 9.17) is 9.15 Å². The molecule has 3 atom stereocenters. The first-order valence-corrected chi connectivity index (χ1v) is 9.15. The lowest BCUT2D eigenvalue weighted by atomic mass is 10.0. The minimum absolute atomic E-state index is 0.0114. The van der Waals surface area contributed by atoms with Crippen LogP contribution in [0, 0.1) is 12.8 Å². The molecule has 6 nitrogen and oxygen atoms in total. The number of likely N-dealkylation sites (tertiary alicyclic amines) is 1. The average molecular weight is 347 g/mol. The van der Waals surface area contributed by atoms with Gasteiger partial charge in [0.25, 0.3) is 0 Å². The topological polar surface area (TPSA) is 67.6 Å². The number of thiazole rings is 1. The minimum Gasteiger partial charge on any atom is -0.467 e. The Labute approximate surface area is 144 Å². The fourth-order valence-corrected chi connectivity index (χ4v) is 4.44. The summed E-state index contributed by atoms with van der Waals surface area (Å²) in [6.45, 7) is 4.68. The van der Waals surface area contributed by atoms with Crippen molar-refractivity contribution >= 4 is 17.2 Å².